The van der Waals surface area contributed by atoms with Crippen LogP contribution in [-0.4, -0.2) is 31.7 Å². The maximum Gasteiger partial charge on any atom is 0.273 e. The van der Waals surface area contributed by atoms with Gasteiger partial charge in [-0.05, 0) is 73.1 Å². The van der Waals surface area contributed by atoms with Gasteiger partial charge in [0.05, 0.1) is 39.2 Å². The first kappa shape index (κ1) is 27.8. The summed E-state index contributed by atoms with van der Waals surface area (Å²) in [6.45, 7) is 13.0. The van der Waals surface area contributed by atoms with Crippen LogP contribution >= 0.6 is 0 Å². The maximum absolute atomic E-state index is 7.16. The zero-order valence-electron chi connectivity index (χ0n) is 23.5. The van der Waals surface area contributed by atoms with Crippen LogP contribution in [-0.2, 0) is 18.6 Å². The van der Waals surface area contributed by atoms with Crippen LogP contribution in [0.25, 0.3) is 0 Å². The van der Waals surface area contributed by atoms with E-state index in [9.17, 15) is 0 Å². The van der Waals surface area contributed by atoms with E-state index >= 15 is 0 Å². The molecular weight excluding hydrogens is 442 g/mol. The summed E-state index contributed by atoms with van der Waals surface area (Å²) in [6, 6.07) is 27.2. The molecule has 1 unspecified atom stereocenters. The minimum atomic E-state index is -0.609. The second-order valence-electron chi connectivity index (χ2n) is 11.3. The molecule has 0 N–H and O–H groups in total. The van der Waals surface area contributed by atoms with Gasteiger partial charge in [0.2, 0.25) is 0 Å². The summed E-state index contributed by atoms with van der Waals surface area (Å²) in [4.78, 5) is 0. The molecule has 0 fully saturated rings. The third kappa shape index (κ3) is 6.70. The normalized spacial score (nSPS) is 13.6. The number of nitrogens with zero attached hydrogens (tertiary/aromatic N) is 1. The van der Waals surface area contributed by atoms with Crippen LogP contribution in [0.2, 0.25) is 0 Å². The Hall–Kier alpha value is -2.78. The Morgan fingerprint density at radius 2 is 1.31 bits per heavy atom. The molecular formula is C33H46NO2+. The quantitative estimate of drug-likeness (QED) is 0.180. The Kier molecular flexibility index (Phi) is 9.62. The van der Waals surface area contributed by atoms with Crippen molar-refractivity contribution < 1.29 is 14.0 Å². The van der Waals surface area contributed by atoms with Gasteiger partial charge >= 0.3 is 0 Å². The third-order valence-electron chi connectivity index (χ3n) is 7.19. The smallest absolute Gasteiger partial charge is 0.273 e. The number of rotatable bonds is 13. The van der Waals surface area contributed by atoms with Crippen molar-refractivity contribution in [3.8, 4) is 11.5 Å². The molecule has 194 valence electrons. The van der Waals surface area contributed by atoms with E-state index < -0.39 is 5.72 Å². The van der Waals surface area contributed by atoms with E-state index in [0.29, 0.717) is 22.9 Å². The molecule has 0 aliphatic rings. The summed E-state index contributed by atoms with van der Waals surface area (Å²) >= 11 is 0. The van der Waals surface area contributed by atoms with Crippen LogP contribution in [0.15, 0.2) is 78.9 Å². The van der Waals surface area contributed by atoms with Crippen molar-refractivity contribution in [1.82, 2.24) is 0 Å². The lowest BCUT2D eigenvalue weighted by Crippen LogP contribution is -2.61. The van der Waals surface area contributed by atoms with Crippen molar-refractivity contribution in [1.29, 1.82) is 0 Å². The molecule has 3 aromatic rings. The molecule has 0 bridgehead atoms. The molecule has 0 heterocycles. The summed E-state index contributed by atoms with van der Waals surface area (Å²) in [7, 11) is 4.58. The van der Waals surface area contributed by atoms with E-state index in [2.05, 4.69) is 91.2 Å². The van der Waals surface area contributed by atoms with Gasteiger partial charge in [-0.3, -0.25) is 4.48 Å². The van der Waals surface area contributed by atoms with Gasteiger partial charge in [-0.1, -0.05) is 76.2 Å². The molecule has 0 spiro atoms. The largest absolute Gasteiger partial charge is 0.493 e. The molecule has 0 aliphatic heterocycles. The number of quaternary nitrogens is 1. The Morgan fingerprint density at radius 3 is 1.86 bits per heavy atom. The van der Waals surface area contributed by atoms with Crippen LogP contribution < -0.4 is 9.47 Å². The predicted octanol–water partition coefficient (Wildman–Crippen LogP) is 7.88. The Bertz CT molecular complexity index is 1060. The van der Waals surface area contributed by atoms with Crippen LogP contribution in [0.5, 0.6) is 11.5 Å². The molecule has 1 atom stereocenters. The molecule has 0 radical (unpaired) electrons. The van der Waals surface area contributed by atoms with Crippen molar-refractivity contribution in [2.45, 2.75) is 59.6 Å². The van der Waals surface area contributed by atoms with Crippen LogP contribution in [0.4, 0.5) is 0 Å². The van der Waals surface area contributed by atoms with E-state index in [1.807, 2.05) is 36.4 Å². The molecule has 0 saturated carbocycles. The SMILES string of the molecule is CC[N+](C)(C)C(CCOc1ccccc1)(Oc1ccccc1)c1cccc(CC(C)C)c1CC(C)C. The number of hydrogen-bond donors (Lipinski definition) is 0. The fourth-order valence-electron chi connectivity index (χ4n) is 5.04. The average molecular weight is 489 g/mol. The molecule has 0 saturated heterocycles. The molecule has 0 aromatic heterocycles. The van der Waals surface area contributed by atoms with Gasteiger partial charge in [-0.25, -0.2) is 0 Å². The summed E-state index contributed by atoms with van der Waals surface area (Å²) in [6.07, 6.45) is 2.83. The second kappa shape index (κ2) is 12.5. The van der Waals surface area contributed by atoms with Crippen molar-refractivity contribution in [2.75, 3.05) is 27.2 Å². The van der Waals surface area contributed by atoms with Crippen LogP contribution in [0.1, 0.15) is 57.7 Å². The van der Waals surface area contributed by atoms with Crippen molar-refractivity contribution in [2.24, 2.45) is 11.8 Å². The first-order valence-electron chi connectivity index (χ1n) is 13.5. The summed E-state index contributed by atoms with van der Waals surface area (Å²) in [5, 5.41) is 0. The van der Waals surface area contributed by atoms with Gasteiger partial charge in [0.25, 0.3) is 5.72 Å². The standard InChI is InChI=1S/C33H46NO2/c1-8-34(6,7)33(36-30-19-13-10-14-20-30,22-23-35-29-17-11-9-12-18-29)32-21-15-16-28(24-26(2)3)31(32)25-27(4)5/h9-21,26-27H,8,22-25H2,1-7H3/q+1. The lowest BCUT2D eigenvalue weighted by Gasteiger charge is -2.48. The Labute approximate surface area is 219 Å². The lowest BCUT2D eigenvalue weighted by atomic mass is 9.83. The van der Waals surface area contributed by atoms with E-state index in [4.69, 9.17) is 9.47 Å². The highest BCUT2D eigenvalue weighted by molar-refractivity contribution is 5.40. The average Bonchev–Trinajstić information content (AvgIpc) is 2.85. The number of para-hydroxylation sites is 2. The minimum Gasteiger partial charge on any atom is -0.493 e. The van der Waals surface area contributed by atoms with Gasteiger partial charge in [-0.15, -0.1) is 0 Å². The van der Waals surface area contributed by atoms with E-state index in [1.165, 1.54) is 16.7 Å². The topological polar surface area (TPSA) is 18.5 Å². The highest BCUT2D eigenvalue weighted by atomic mass is 16.5. The molecule has 3 aromatic carbocycles. The molecule has 0 aliphatic carbocycles. The molecule has 3 rings (SSSR count). The Morgan fingerprint density at radius 1 is 0.722 bits per heavy atom. The molecule has 0 amide bonds. The minimum absolute atomic E-state index is 0.546. The van der Waals surface area contributed by atoms with Gasteiger partial charge in [-0.2, -0.15) is 0 Å². The molecule has 3 heteroatoms. The van der Waals surface area contributed by atoms with E-state index in [0.717, 1.165) is 37.3 Å². The first-order valence-corrected chi connectivity index (χ1v) is 13.5. The van der Waals surface area contributed by atoms with Crippen LogP contribution in [0.3, 0.4) is 0 Å². The predicted molar refractivity (Wildman–Crippen MR) is 151 cm³/mol. The zero-order chi connectivity index (χ0) is 26.2. The fraction of sp³-hybridized carbons (Fsp3) is 0.455. The molecule has 36 heavy (non-hydrogen) atoms. The van der Waals surface area contributed by atoms with Gasteiger partial charge in [0, 0.05) is 0 Å². The monoisotopic (exact) mass is 488 g/mol. The highest BCUT2D eigenvalue weighted by Gasteiger charge is 2.50. The summed E-state index contributed by atoms with van der Waals surface area (Å²) in [5.74, 6) is 2.92. The van der Waals surface area contributed by atoms with Crippen molar-refractivity contribution in [3.05, 3.63) is 95.6 Å². The zero-order valence-corrected chi connectivity index (χ0v) is 23.5. The van der Waals surface area contributed by atoms with Crippen LogP contribution in [0, 0.1) is 11.8 Å². The summed E-state index contributed by atoms with van der Waals surface area (Å²) in [5.41, 5.74) is 3.57. The fourth-order valence-corrected chi connectivity index (χ4v) is 5.04. The summed E-state index contributed by atoms with van der Waals surface area (Å²) < 4.78 is 14.1. The van der Waals surface area contributed by atoms with E-state index in [1.54, 1.807) is 0 Å². The van der Waals surface area contributed by atoms with Crippen molar-refractivity contribution in [3.63, 3.8) is 0 Å². The van der Waals surface area contributed by atoms with Gasteiger partial charge in [0.15, 0.2) is 0 Å². The highest BCUT2D eigenvalue weighted by Crippen LogP contribution is 2.42. The second-order valence-corrected chi connectivity index (χ2v) is 11.3. The molecule has 3 nitrogen and oxygen atoms in total. The van der Waals surface area contributed by atoms with E-state index in [-0.39, 0.29) is 0 Å². The lowest BCUT2D eigenvalue weighted by molar-refractivity contribution is -0.971. The Balaban J connectivity index is 2.19. The third-order valence-corrected chi connectivity index (χ3v) is 7.19. The van der Waals surface area contributed by atoms with Gasteiger partial charge in [0.1, 0.15) is 11.5 Å². The first-order chi connectivity index (χ1) is 17.2. The number of ether oxygens (including phenoxy) is 2. The van der Waals surface area contributed by atoms with Crippen molar-refractivity contribution >= 4 is 0 Å². The maximum atomic E-state index is 7.16. The number of hydrogen-bond acceptors (Lipinski definition) is 2. The van der Waals surface area contributed by atoms with Gasteiger partial charge < -0.3 is 9.47 Å². The number of benzene rings is 3.